The van der Waals surface area contributed by atoms with Crippen molar-refractivity contribution in [2.24, 2.45) is 23.2 Å². The third-order valence-electron chi connectivity index (χ3n) is 7.15. The first kappa shape index (κ1) is 18.2. The van der Waals surface area contributed by atoms with Crippen LogP contribution in [-0.2, 0) is 17.8 Å². The number of carbonyl (C=O) groups is 1. The Bertz CT molecular complexity index is 882. The molecule has 0 amide bonds. The van der Waals surface area contributed by atoms with E-state index < -0.39 is 0 Å². The smallest absolute Gasteiger partial charge is 0.298 e. The summed E-state index contributed by atoms with van der Waals surface area (Å²) in [5.41, 5.74) is 0.921. The third kappa shape index (κ3) is 3.36. The third-order valence-corrected chi connectivity index (χ3v) is 8.13. The Morgan fingerprint density at radius 3 is 2.39 bits per heavy atom. The maximum atomic E-state index is 13.2. The summed E-state index contributed by atoms with van der Waals surface area (Å²) in [6.07, 6.45) is 8.10. The van der Waals surface area contributed by atoms with E-state index in [4.69, 9.17) is 0 Å². The summed E-state index contributed by atoms with van der Waals surface area (Å²) in [7, 11) is 0. The van der Waals surface area contributed by atoms with Crippen LogP contribution in [0.1, 0.15) is 44.1 Å². The van der Waals surface area contributed by atoms with Gasteiger partial charge in [-0.3, -0.25) is 9.36 Å². The summed E-state index contributed by atoms with van der Waals surface area (Å²) < 4.78 is 1.67. The van der Waals surface area contributed by atoms with Crippen LogP contribution >= 0.6 is 11.8 Å². The van der Waals surface area contributed by atoms with Gasteiger partial charge >= 0.3 is 5.69 Å². The van der Waals surface area contributed by atoms with Gasteiger partial charge in [-0.15, -0.1) is 5.10 Å². The summed E-state index contributed by atoms with van der Waals surface area (Å²) in [6.45, 7) is 0.577. The second-order valence-electron chi connectivity index (χ2n) is 9.11. The highest BCUT2D eigenvalue weighted by atomic mass is 32.2. The van der Waals surface area contributed by atoms with Gasteiger partial charge in [0, 0.05) is 12.0 Å². The van der Waals surface area contributed by atoms with E-state index in [-0.39, 0.29) is 11.1 Å². The molecule has 1 N–H and O–H groups in total. The van der Waals surface area contributed by atoms with Crippen LogP contribution in [0.2, 0.25) is 0 Å². The van der Waals surface area contributed by atoms with E-state index in [9.17, 15) is 9.59 Å². The summed E-state index contributed by atoms with van der Waals surface area (Å²) in [5, 5.41) is 7.38. The number of rotatable bonds is 7. The van der Waals surface area contributed by atoms with Crippen LogP contribution in [0.4, 0.5) is 0 Å². The molecule has 1 heterocycles. The molecular formula is C22H27N3O2S. The molecule has 0 atom stereocenters. The molecule has 5 nitrogen and oxygen atoms in total. The highest BCUT2D eigenvalue weighted by molar-refractivity contribution is 7.99. The molecular weight excluding hydrogens is 370 g/mol. The maximum Gasteiger partial charge on any atom is 0.343 e. The first-order valence-electron chi connectivity index (χ1n) is 10.5. The molecule has 148 valence electrons. The van der Waals surface area contributed by atoms with E-state index in [1.54, 1.807) is 4.57 Å². The molecule has 1 aromatic carbocycles. The number of aryl methyl sites for hydroxylation is 1. The van der Waals surface area contributed by atoms with Crippen LogP contribution in [0.3, 0.4) is 0 Å². The number of ketones is 1. The number of carbonyl (C=O) groups excluding carboxylic acids is 1. The normalized spacial score (nSPS) is 30.6. The first-order valence-corrected chi connectivity index (χ1v) is 11.4. The molecule has 4 bridgehead atoms. The van der Waals surface area contributed by atoms with Gasteiger partial charge in [0.05, 0.1) is 5.75 Å². The maximum absolute atomic E-state index is 13.2. The Hall–Kier alpha value is -1.82. The molecule has 28 heavy (non-hydrogen) atoms. The quantitative estimate of drug-likeness (QED) is 0.724. The van der Waals surface area contributed by atoms with Crippen molar-refractivity contribution in [2.75, 3.05) is 5.75 Å². The molecule has 1 aromatic heterocycles. The number of hydrogen-bond acceptors (Lipinski definition) is 4. The number of aromatic amines is 1. The SMILES string of the molecule is O=C(CSc1n[nH]c(=O)n1CCc1ccccc1)C12CC3CC(CC(C3)C1)C2. The fourth-order valence-corrected chi connectivity index (χ4v) is 7.24. The van der Waals surface area contributed by atoms with Crippen LogP contribution in [-0.4, -0.2) is 26.3 Å². The minimum Gasteiger partial charge on any atom is -0.298 e. The van der Waals surface area contributed by atoms with Crippen molar-refractivity contribution >= 4 is 17.5 Å². The van der Waals surface area contributed by atoms with Gasteiger partial charge in [-0.1, -0.05) is 42.1 Å². The fraction of sp³-hybridized carbons (Fsp3) is 0.591. The molecule has 4 saturated carbocycles. The number of thioether (sulfide) groups is 1. The Labute approximate surface area is 169 Å². The zero-order valence-corrected chi connectivity index (χ0v) is 16.9. The molecule has 4 aliphatic carbocycles. The number of Topliss-reactive ketones (excluding diaryl/α,β-unsaturated/α-hetero) is 1. The molecule has 0 spiro atoms. The number of benzene rings is 1. The van der Waals surface area contributed by atoms with Gasteiger partial charge in [-0.25, -0.2) is 9.89 Å². The van der Waals surface area contributed by atoms with E-state index in [0.717, 1.165) is 43.4 Å². The van der Waals surface area contributed by atoms with Gasteiger partial charge in [0.1, 0.15) is 5.78 Å². The predicted octanol–water partition coefficient (Wildman–Crippen LogP) is 3.69. The van der Waals surface area contributed by atoms with E-state index >= 15 is 0 Å². The van der Waals surface area contributed by atoms with E-state index in [1.807, 2.05) is 18.2 Å². The van der Waals surface area contributed by atoms with Gasteiger partial charge in [0.2, 0.25) is 0 Å². The zero-order valence-electron chi connectivity index (χ0n) is 16.1. The Balaban J connectivity index is 1.25. The number of hydrogen-bond donors (Lipinski definition) is 1. The lowest BCUT2D eigenvalue weighted by Gasteiger charge is -2.56. The van der Waals surface area contributed by atoms with Crippen molar-refractivity contribution in [3.63, 3.8) is 0 Å². The topological polar surface area (TPSA) is 67.8 Å². The molecule has 0 unspecified atom stereocenters. The lowest BCUT2D eigenvalue weighted by Crippen LogP contribution is -2.50. The van der Waals surface area contributed by atoms with Gasteiger partial charge in [0.25, 0.3) is 0 Å². The van der Waals surface area contributed by atoms with E-state index in [0.29, 0.717) is 23.2 Å². The predicted molar refractivity (Wildman–Crippen MR) is 109 cm³/mol. The summed E-state index contributed by atoms with van der Waals surface area (Å²) in [5.74, 6) is 3.14. The van der Waals surface area contributed by atoms with E-state index in [1.165, 1.54) is 36.6 Å². The van der Waals surface area contributed by atoms with Crippen molar-refractivity contribution in [2.45, 2.75) is 56.6 Å². The zero-order chi connectivity index (χ0) is 19.1. The highest BCUT2D eigenvalue weighted by Gasteiger charge is 2.54. The van der Waals surface area contributed by atoms with Crippen LogP contribution < -0.4 is 5.69 Å². The second-order valence-corrected chi connectivity index (χ2v) is 10.1. The average Bonchev–Trinajstić information content (AvgIpc) is 3.04. The molecule has 2 aromatic rings. The summed E-state index contributed by atoms with van der Waals surface area (Å²) in [6, 6.07) is 10.1. The molecule has 0 aliphatic heterocycles. The van der Waals surface area contributed by atoms with E-state index in [2.05, 4.69) is 22.3 Å². The lowest BCUT2D eigenvalue weighted by molar-refractivity contribution is -0.141. The minimum atomic E-state index is -0.194. The van der Waals surface area contributed by atoms with Gasteiger partial charge < -0.3 is 0 Å². The number of aromatic nitrogens is 3. The van der Waals surface area contributed by atoms with Crippen molar-refractivity contribution in [3.05, 3.63) is 46.4 Å². The van der Waals surface area contributed by atoms with Crippen LogP contribution in [0.5, 0.6) is 0 Å². The Kier molecular flexibility index (Phi) is 4.69. The summed E-state index contributed by atoms with van der Waals surface area (Å²) >= 11 is 1.43. The molecule has 0 saturated heterocycles. The van der Waals surface area contributed by atoms with Crippen molar-refractivity contribution in [1.82, 2.24) is 14.8 Å². The van der Waals surface area contributed by atoms with Crippen LogP contribution in [0.25, 0.3) is 0 Å². The van der Waals surface area contributed by atoms with Crippen molar-refractivity contribution < 1.29 is 4.79 Å². The fourth-order valence-electron chi connectivity index (χ4n) is 6.23. The Morgan fingerprint density at radius 1 is 1.11 bits per heavy atom. The largest absolute Gasteiger partial charge is 0.343 e. The van der Waals surface area contributed by atoms with Crippen LogP contribution in [0, 0.1) is 23.2 Å². The minimum absolute atomic E-state index is 0.0762. The average molecular weight is 398 g/mol. The van der Waals surface area contributed by atoms with Gasteiger partial charge in [-0.2, -0.15) is 0 Å². The molecule has 4 fully saturated rings. The van der Waals surface area contributed by atoms with Crippen LogP contribution in [0.15, 0.2) is 40.3 Å². The molecule has 0 radical (unpaired) electrons. The highest BCUT2D eigenvalue weighted by Crippen LogP contribution is 2.60. The van der Waals surface area contributed by atoms with Crippen molar-refractivity contribution in [3.8, 4) is 0 Å². The second kappa shape index (κ2) is 7.21. The monoisotopic (exact) mass is 397 g/mol. The standard InChI is InChI=1S/C22H27N3O2S/c26-19(22-11-16-8-17(12-22)10-18(9-16)13-22)14-28-21-24-23-20(27)25(21)7-6-15-4-2-1-3-5-15/h1-5,16-18H,6-14H2,(H,23,27). The lowest BCUT2D eigenvalue weighted by atomic mass is 9.48. The Morgan fingerprint density at radius 2 is 1.75 bits per heavy atom. The van der Waals surface area contributed by atoms with Gasteiger partial charge in [0.15, 0.2) is 5.16 Å². The molecule has 6 heteroatoms. The number of H-pyrrole nitrogens is 1. The first-order chi connectivity index (χ1) is 13.6. The molecule has 4 aliphatic rings. The molecule has 6 rings (SSSR count). The van der Waals surface area contributed by atoms with Crippen molar-refractivity contribution in [1.29, 1.82) is 0 Å². The summed E-state index contributed by atoms with van der Waals surface area (Å²) in [4.78, 5) is 25.4. The number of nitrogens with one attached hydrogen (secondary N) is 1. The van der Waals surface area contributed by atoms with Gasteiger partial charge in [-0.05, 0) is 68.3 Å². The number of nitrogens with zero attached hydrogens (tertiary/aromatic N) is 2.